The van der Waals surface area contributed by atoms with Crippen LogP contribution in [0.1, 0.15) is 51.9 Å². The molecule has 0 bridgehead atoms. The summed E-state index contributed by atoms with van der Waals surface area (Å²) in [5.41, 5.74) is 0.510. The van der Waals surface area contributed by atoms with Gasteiger partial charge in [0.05, 0.1) is 33.0 Å². The molecule has 1 unspecified atom stereocenters. The molecule has 228 valence electrons. The van der Waals surface area contributed by atoms with Gasteiger partial charge in [0.25, 0.3) is 0 Å². The van der Waals surface area contributed by atoms with Crippen molar-refractivity contribution in [2.75, 3.05) is 81.8 Å². The standard InChI is InChI=1S/C29H46FN7O4/c1-2-37-12-6-9-24(37)21-32-28-34-27(31-20-22-7-4-3-5-8-22)35-29(36-28)33-23-10-11-26(25(30)19-23)41-18-17-40-16-15-39-14-13-38/h10-11,19,22,24,38H,2-9,12-18,20-21H2,1H3,(H3,31,32,33,34,35,36). The second-order valence-corrected chi connectivity index (χ2v) is 10.6. The first-order valence-electron chi connectivity index (χ1n) is 15.1. The molecule has 1 saturated heterocycles. The highest BCUT2D eigenvalue weighted by Crippen LogP contribution is 2.26. The van der Waals surface area contributed by atoms with Crippen LogP contribution in [0.15, 0.2) is 18.2 Å². The minimum atomic E-state index is -0.495. The van der Waals surface area contributed by atoms with Crippen LogP contribution in [0.5, 0.6) is 5.75 Å². The van der Waals surface area contributed by atoms with Crippen LogP contribution in [0.25, 0.3) is 0 Å². The molecular weight excluding hydrogens is 529 g/mol. The molecule has 2 fully saturated rings. The molecule has 11 nitrogen and oxygen atoms in total. The number of ether oxygens (including phenoxy) is 3. The Bertz CT molecular complexity index is 1040. The predicted octanol–water partition coefficient (Wildman–Crippen LogP) is 4.05. The lowest BCUT2D eigenvalue weighted by atomic mass is 9.89. The summed E-state index contributed by atoms with van der Waals surface area (Å²) in [6, 6.07) is 5.12. The number of aromatic nitrogens is 3. The van der Waals surface area contributed by atoms with E-state index in [9.17, 15) is 4.39 Å². The quantitative estimate of drug-likeness (QED) is 0.192. The van der Waals surface area contributed by atoms with Crippen molar-refractivity contribution in [3.63, 3.8) is 0 Å². The number of nitrogens with zero attached hydrogens (tertiary/aromatic N) is 4. The average Bonchev–Trinajstić information content (AvgIpc) is 3.45. The normalized spacial score (nSPS) is 18.0. The number of likely N-dealkylation sites (N-methyl/N-ethyl adjacent to an activating group) is 1. The number of hydrogen-bond donors (Lipinski definition) is 4. The fourth-order valence-corrected chi connectivity index (χ4v) is 5.39. The van der Waals surface area contributed by atoms with E-state index >= 15 is 0 Å². The largest absolute Gasteiger partial charge is 0.488 e. The molecule has 1 aliphatic heterocycles. The predicted molar refractivity (Wildman–Crippen MR) is 158 cm³/mol. The minimum absolute atomic E-state index is 0.0185. The van der Waals surface area contributed by atoms with Crippen molar-refractivity contribution in [3.05, 3.63) is 24.0 Å². The van der Waals surface area contributed by atoms with Gasteiger partial charge in [-0.15, -0.1) is 0 Å². The molecule has 0 amide bonds. The van der Waals surface area contributed by atoms with Gasteiger partial charge in [-0.1, -0.05) is 26.2 Å². The van der Waals surface area contributed by atoms with E-state index in [1.807, 2.05) is 0 Å². The van der Waals surface area contributed by atoms with Crippen LogP contribution >= 0.6 is 0 Å². The van der Waals surface area contributed by atoms with E-state index in [1.165, 1.54) is 44.6 Å². The molecule has 41 heavy (non-hydrogen) atoms. The number of aliphatic hydroxyl groups excluding tert-OH is 1. The Morgan fingerprint density at radius 2 is 1.59 bits per heavy atom. The highest BCUT2D eigenvalue weighted by molar-refractivity contribution is 5.57. The monoisotopic (exact) mass is 575 g/mol. The summed E-state index contributed by atoms with van der Waals surface area (Å²) in [7, 11) is 0. The molecule has 0 spiro atoms. The second-order valence-electron chi connectivity index (χ2n) is 10.6. The van der Waals surface area contributed by atoms with Gasteiger partial charge in [0.15, 0.2) is 11.6 Å². The molecule has 4 rings (SSSR count). The Morgan fingerprint density at radius 1 is 0.878 bits per heavy atom. The number of aliphatic hydroxyl groups is 1. The smallest absolute Gasteiger partial charge is 0.233 e. The summed E-state index contributed by atoms with van der Waals surface area (Å²) in [6.45, 7) is 7.48. The molecular formula is C29H46FN7O4. The van der Waals surface area contributed by atoms with Gasteiger partial charge in [0.1, 0.15) is 6.61 Å². The zero-order valence-electron chi connectivity index (χ0n) is 24.2. The third kappa shape index (κ3) is 10.5. The zero-order chi connectivity index (χ0) is 28.7. The Hall–Kier alpha value is -2.80. The van der Waals surface area contributed by atoms with Gasteiger partial charge in [-0.25, -0.2) is 4.39 Å². The van der Waals surface area contributed by atoms with E-state index < -0.39 is 5.82 Å². The van der Waals surface area contributed by atoms with Crippen molar-refractivity contribution >= 4 is 23.5 Å². The summed E-state index contributed by atoms with van der Waals surface area (Å²) >= 11 is 0. The van der Waals surface area contributed by atoms with Gasteiger partial charge in [0, 0.05) is 30.9 Å². The van der Waals surface area contributed by atoms with Crippen LogP contribution < -0.4 is 20.7 Å². The topological polar surface area (TPSA) is 126 Å². The number of hydrogen-bond acceptors (Lipinski definition) is 11. The maximum absolute atomic E-state index is 14.8. The van der Waals surface area contributed by atoms with Gasteiger partial charge < -0.3 is 35.3 Å². The van der Waals surface area contributed by atoms with Crippen molar-refractivity contribution in [2.45, 2.75) is 57.9 Å². The van der Waals surface area contributed by atoms with Crippen molar-refractivity contribution in [2.24, 2.45) is 5.92 Å². The highest BCUT2D eigenvalue weighted by Gasteiger charge is 2.23. The molecule has 1 aromatic carbocycles. The first kappa shape index (κ1) is 31.1. The summed E-state index contributed by atoms with van der Waals surface area (Å²) < 4.78 is 30.8. The van der Waals surface area contributed by atoms with Crippen molar-refractivity contribution in [1.82, 2.24) is 19.9 Å². The molecule has 0 radical (unpaired) electrons. The summed E-state index contributed by atoms with van der Waals surface area (Å²) in [6.07, 6.45) is 8.67. The molecule has 2 heterocycles. The Labute approximate surface area is 242 Å². The SMILES string of the molecule is CCN1CCCC1CNc1nc(NCC2CCCCC2)nc(Nc2ccc(OCCOCCOCCO)c(F)c2)n1. The van der Waals surface area contributed by atoms with Crippen LogP contribution in [0, 0.1) is 11.7 Å². The van der Waals surface area contributed by atoms with E-state index in [4.69, 9.17) is 19.3 Å². The third-order valence-electron chi connectivity index (χ3n) is 7.59. The number of rotatable bonds is 18. The minimum Gasteiger partial charge on any atom is -0.488 e. The fraction of sp³-hybridized carbons (Fsp3) is 0.690. The molecule has 4 N–H and O–H groups in total. The number of benzene rings is 1. The van der Waals surface area contributed by atoms with Gasteiger partial charge in [0.2, 0.25) is 17.8 Å². The van der Waals surface area contributed by atoms with Crippen LogP contribution in [0.4, 0.5) is 27.9 Å². The lowest BCUT2D eigenvalue weighted by Crippen LogP contribution is -2.35. The molecule has 1 aliphatic carbocycles. The summed E-state index contributed by atoms with van der Waals surface area (Å²) in [4.78, 5) is 16.3. The molecule has 2 aromatic rings. The Morgan fingerprint density at radius 3 is 2.32 bits per heavy atom. The van der Waals surface area contributed by atoms with Gasteiger partial charge >= 0.3 is 0 Å². The Kier molecular flexibility index (Phi) is 13.1. The lowest BCUT2D eigenvalue weighted by molar-refractivity contribution is 0.0244. The number of anilines is 4. The van der Waals surface area contributed by atoms with Crippen LogP contribution in [0.3, 0.4) is 0 Å². The second kappa shape index (κ2) is 17.2. The van der Waals surface area contributed by atoms with E-state index in [-0.39, 0.29) is 25.6 Å². The maximum atomic E-state index is 14.8. The molecule has 12 heteroatoms. The highest BCUT2D eigenvalue weighted by atomic mass is 19.1. The van der Waals surface area contributed by atoms with E-state index in [2.05, 4.69) is 42.7 Å². The Balaban J connectivity index is 1.34. The van der Waals surface area contributed by atoms with Crippen molar-refractivity contribution in [3.8, 4) is 5.75 Å². The van der Waals surface area contributed by atoms with Crippen LogP contribution in [-0.2, 0) is 9.47 Å². The first-order valence-corrected chi connectivity index (χ1v) is 15.1. The molecule has 1 aromatic heterocycles. The van der Waals surface area contributed by atoms with Crippen molar-refractivity contribution < 1.29 is 23.7 Å². The number of likely N-dealkylation sites (tertiary alicyclic amines) is 1. The van der Waals surface area contributed by atoms with Gasteiger partial charge in [-0.3, -0.25) is 4.90 Å². The van der Waals surface area contributed by atoms with E-state index in [0.29, 0.717) is 55.3 Å². The lowest BCUT2D eigenvalue weighted by Gasteiger charge is -2.23. The van der Waals surface area contributed by atoms with E-state index in [1.54, 1.807) is 12.1 Å². The van der Waals surface area contributed by atoms with Gasteiger partial charge in [-0.2, -0.15) is 15.0 Å². The molecule has 1 saturated carbocycles. The molecule has 2 aliphatic rings. The summed E-state index contributed by atoms with van der Waals surface area (Å²) in [5.74, 6) is 1.62. The van der Waals surface area contributed by atoms with Gasteiger partial charge in [-0.05, 0) is 56.8 Å². The van der Waals surface area contributed by atoms with Crippen LogP contribution in [-0.4, -0.2) is 96.8 Å². The zero-order valence-corrected chi connectivity index (χ0v) is 24.2. The fourth-order valence-electron chi connectivity index (χ4n) is 5.39. The van der Waals surface area contributed by atoms with E-state index in [0.717, 1.165) is 32.6 Å². The number of nitrogens with one attached hydrogen (secondary N) is 3. The number of halogens is 1. The van der Waals surface area contributed by atoms with Crippen LogP contribution in [0.2, 0.25) is 0 Å². The van der Waals surface area contributed by atoms with Crippen molar-refractivity contribution in [1.29, 1.82) is 0 Å². The maximum Gasteiger partial charge on any atom is 0.233 e. The first-order chi connectivity index (χ1) is 20.1. The molecule has 1 atom stereocenters. The third-order valence-corrected chi connectivity index (χ3v) is 7.59. The summed E-state index contributed by atoms with van der Waals surface area (Å²) in [5, 5.41) is 18.7. The average molecular weight is 576 g/mol.